The number of hydrogen-bond donors (Lipinski definition) is 3. The quantitative estimate of drug-likeness (QED) is 0.0222. The zero-order valence-corrected chi connectivity index (χ0v) is 59.7. The minimum Gasteiger partial charge on any atom is -0.462 e. The van der Waals surface area contributed by atoms with Crippen LogP contribution >= 0.6 is 15.6 Å². The zero-order valence-electron chi connectivity index (χ0n) is 57.9. The van der Waals surface area contributed by atoms with Crippen LogP contribution in [0.5, 0.6) is 0 Å². The van der Waals surface area contributed by atoms with Crippen molar-refractivity contribution < 1.29 is 80.2 Å². The Morgan fingerprint density at radius 3 is 0.854 bits per heavy atom. The molecule has 0 heterocycles. The molecule has 17 nitrogen and oxygen atoms in total. The van der Waals surface area contributed by atoms with Gasteiger partial charge in [-0.25, -0.2) is 9.13 Å². The van der Waals surface area contributed by atoms with Crippen molar-refractivity contribution in [1.82, 2.24) is 0 Å². The van der Waals surface area contributed by atoms with Crippen molar-refractivity contribution in [2.45, 2.75) is 369 Å². The third-order valence-electron chi connectivity index (χ3n) is 16.5. The molecule has 0 aliphatic heterocycles. The van der Waals surface area contributed by atoms with Gasteiger partial charge in [0.1, 0.15) is 19.3 Å². The van der Waals surface area contributed by atoms with Gasteiger partial charge in [-0.1, -0.05) is 299 Å². The second-order valence-corrected chi connectivity index (χ2v) is 29.4. The number of ether oxygens (including phenoxy) is 4. The molecular formula is C70H136O17P2. The number of phosphoric ester groups is 2. The van der Waals surface area contributed by atoms with Gasteiger partial charge >= 0.3 is 39.5 Å². The number of phosphoric acid groups is 2. The topological polar surface area (TPSA) is 237 Å². The fourth-order valence-corrected chi connectivity index (χ4v) is 12.1. The second-order valence-electron chi connectivity index (χ2n) is 26.5. The molecule has 0 fully saturated rings. The van der Waals surface area contributed by atoms with E-state index in [1.54, 1.807) is 0 Å². The summed E-state index contributed by atoms with van der Waals surface area (Å²) in [6.45, 7) is 11.8. The van der Waals surface area contributed by atoms with E-state index in [9.17, 15) is 43.2 Å². The summed E-state index contributed by atoms with van der Waals surface area (Å²) < 4.78 is 68.3. The Morgan fingerprint density at radius 1 is 0.326 bits per heavy atom. The lowest BCUT2D eigenvalue weighted by Gasteiger charge is -2.21. The van der Waals surface area contributed by atoms with E-state index in [0.717, 1.165) is 108 Å². The van der Waals surface area contributed by atoms with Crippen LogP contribution in [0.3, 0.4) is 0 Å². The summed E-state index contributed by atoms with van der Waals surface area (Å²) in [4.78, 5) is 72.5. The normalized spacial score (nSPS) is 14.5. The van der Waals surface area contributed by atoms with E-state index < -0.39 is 97.5 Å². The average Bonchev–Trinajstić information content (AvgIpc) is 3.58. The molecule has 0 saturated carbocycles. The number of hydrogen-bond acceptors (Lipinski definition) is 15. The van der Waals surface area contributed by atoms with E-state index >= 15 is 0 Å². The van der Waals surface area contributed by atoms with Crippen LogP contribution in [0.2, 0.25) is 0 Å². The van der Waals surface area contributed by atoms with Crippen molar-refractivity contribution in [3.05, 3.63) is 0 Å². The highest BCUT2D eigenvalue weighted by Gasteiger charge is 2.30. The Bertz CT molecular complexity index is 1750. The molecule has 0 spiro atoms. The van der Waals surface area contributed by atoms with Gasteiger partial charge in [-0.3, -0.25) is 37.3 Å². The molecule has 0 saturated heterocycles. The van der Waals surface area contributed by atoms with Crippen LogP contribution in [0.1, 0.15) is 350 Å². The monoisotopic (exact) mass is 1310 g/mol. The number of rotatable bonds is 68. The highest BCUT2D eigenvalue weighted by molar-refractivity contribution is 7.47. The predicted molar refractivity (Wildman–Crippen MR) is 358 cm³/mol. The predicted octanol–water partition coefficient (Wildman–Crippen LogP) is 19.8. The van der Waals surface area contributed by atoms with E-state index in [2.05, 4.69) is 48.5 Å². The van der Waals surface area contributed by atoms with Gasteiger partial charge in [0.15, 0.2) is 12.2 Å². The molecule has 3 N–H and O–H groups in total. The summed E-state index contributed by atoms with van der Waals surface area (Å²) in [5, 5.41) is 10.6. The number of carbonyl (C=O) groups is 4. The van der Waals surface area contributed by atoms with Crippen LogP contribution in [0.4, 0.5) is 0 Å². The Labute approximate surface area is 543 Å². The van der Waals surface area contributed by atoms with Crippen LogP contribution < -0.4 is 0 Å². The summed E-state index contributed by atoms with van der Waals surface area (Å²) in [5.74, 6) is 0.172. The minimum absolute atomic E-state index is 0.105. The molecular weight excluding hydrogens is 1170 g/mol. The minimum atomic E-state index is -4.95. The van der Waals surface area contributed by atoms with Gasteiger partial charge in [0.05, 0.1) is 26.4 Å². The number of carbonyl (C=O) groups excluding carboxylic acids is 4. The highest BCUT2D eigenvalue weighted by Crippen LogP contribution is 2.45. The third-order valence-corrected chi connectivity index (χ3v) is 18.4. The molecule has 0 aromatic rings. The Kier molecular flexibility index (Phi) is 59.6. The lowest BCUT2D eigenvalue weighted by Crippen LogP contribution is -2.30. The maximum Gasteiger partial charge on any atom is 0.472 e. The summed E-state index contributed by atoms with van der Waals surface area (Å²) in [6, 6.07) is 0. The Balaban J connectivity index is 5.25. The van der Waals surface area contributed by atoms with Crippen molar-refractivity contribution in [1.29, 1.82) is 0 Å². The second kappa shape index (κ2) is 61.0. The molecule has 0 aromatic carbocycles. The number of esters is 4. The van der Waals surface area contributed by atoms with E-state index in [4.69, 9.17) is 37.0 Å². The zero-order chi connectivity index (χ0) is 65.9. The lowest BCUT2D eigenvalue weighted by molar-refractivity contribution is -0.161. The van der Waals surface area contributed by atoms with E-state index in [1.807, 2.05) is 0 Å². The van der Waals surface area contributed by atoms with Crippen molar-refractivity contribution in [2.75, 3.05) is 39.6 Å². The Morgan fingerprint density at radius 2 is 0.573 bits per heavy atom. The molecule has 19 heteroatoms. The molecule has 0 radical (unpaired) electrons. The van der Waals surface area contributed by atoms with Crippen molar-refractivity contribution >= 4 is 39.5 Å². The largest absolute Gasteiger partial charge is 0.472 e. The molecule has 0 aliphatic rings. The molecule has 0 amide bonds. The molecule has 0 bridgehead atoms. The van der Waals surface area contributed by atoms with Crippen LogP contribution in [-0.2, 0) is 65.4 Å². The summed E-state index contributed by atoms with van der Waals surface area (Å²) in [5.41, 5.74) is 0. The standard InChI is InChI=1S/C70H136O17P2/c1-8-10-11-12-13-20-30-37-44-51-67(72)80-57-66(87-70(75)54-47-40-33-26-25-29-36-43-50-63(7)9-2)60-85-89(78,79)83-56-64(71)55-82-88(76,77)84-59-65(58-81-68(73)52-45-38-31-24-19-22-28-35-42-49-62(5)6)86-69(74)53-46-39-32-23-18-16-14-15-17-21-27-34-41-48-61(3)4/h61-66,71H,8-60H2,1-7H3,(H,76,77)(H,78,79)/t63?,64-,65-,66-/m1/s1. The smallest absolute Gasteiger partial charge is 0.462 e. The van der Waals surface area contributed by atoms with Crippen LogP contribution in [-0.4, -0.2) is 96.7 Å². The number of aliphatic hydroxyl groups is 1. The van der Waals surface area contributed by atoms with Crippen molar-refractivity contribution in [2.24, 2.45) is 17.8 Å². The summed E-state index contributed by atoms with van der Waals surface area (Å²) >= 11 is 0. The van der Waals surface area contributed by atoms with Gasteiger partial charge in [0, 0.05) is 25.7 Å². The maximum absolute atomic E-state index is 13.0. The fraction of sp³-hybridized carbons (Fsp3) is 0.943. The molecule has 0 rings (SSSR count). The van der Waals surface area contributed by atoms with Crippen LogP contribution in [0, 0.1) is 17.8 Å². The third kappa shape index (κ3) is 63.2. The molecule has 89 heavy (non-hydrogen) atoms. The molecule has 528 valence electrons. The first-order valence-electron chi connectivity index (χ1n) is 36.4. The van der Waals surface area contributed by atoms with Gasteiger partial charge in [0.25, 0.3) is 0 Å². The van der Waals surface area contributed by atoms with E-state index in [0.29, 0.717) is 25.7 Å². The average molecular weight is 1310 g/mol. The van der Waals surface area contributed by atoms with E-state index in [-0.39, 0.29) is 25.7 Å². The number of unbranched alkanes of at least 4 members (excludes halogenated alkanes) is 35. The number of aliphatic hydroxyl groups excluding tert-OH is 1. The van der Waals surface area contributed by atoms with Gasteiger partial charge in [-0.2, -0.15) is 0 Å². The fourth-order valence-electron chi connectivity index (χ4n) is 10.5. The summed E-state index contributed by atoms with van der Waals surface area (Å²) in [7, 11) is -9.90. The lowest BCUT2D eigenvalue weighted by atomic mass is 9.99. The van der Waals surface area contributed by atoms with Gasteiger partial charge in [-0.05, 0) is 43.4 Å². The molecule has 0 aliphatic carbocycles. The first kappa shape index (κ1) is 87.1. The first-order valence-corrected chi connectivity index (χ1v) is 39.4. The Hall–Kier alpha value is -1.94. The van der Waals surface area contributed by atoms with E-state index in [1.165, 1.54) is 161 Å². The van der Waals surface area contributed by atoms with Gasteiger partial charge < -0.3 is 33.8 Å². The first-order chi connectivity index (χ1) is 42.8. The van der Waals surface area contributed by atoms with Gasteiger partial charge in [0.2, 0.25) is 0 Å². The maximum atomic E-state index is 13.0. The van der Waals surface area contributed by atoms with Crippen molar-refractivity contribution in [3.63, 3.8) is 0 Å². The van der Waals surface area contributed by atoms with Crippen molar-refractivity contribution in [3.8, 4) is 0 Å². The van der Waals surface area contributed by atoms with Gasteiger partial charge in [-0.15, -0.1) is 0 Å². The highest BCUT2D eigenvalue weighted by atomic mass is 31.2. The molecule has 0 aromatic heterocycles. The van der Waals surface area contributed by atoms with Crippen LogP contribution in [0.15, 0.2) is 0 Å². The molecule has 6 atom stereocenters. The van der Waals surface area contributed by atoms with Crippen LogP contribution in [0.25, 0.3) is 0 Å². The summed E-state index contributed by atoms with van der Waals surface area (Å²) in [6.07, 6.45) is 44.3. The SMILES string of the molecule is CCCCCCCCCCCC(=O)OC[C@H](COP(=O)(O)OC[C@H](O)COP(=O)(O)OC[C@@H](COC(=O)CCCCCCCCCCCC(C)C)OC(=O)CCCCCCCCCCCCCCCC(C)C)OC(=O)CCCCCCCCCCC(C)CC. The molecule has 3 unspecified atom stereocenters.